The molecular formula is C9H11B2FN2O8P+. The number of aromatic amines is 1. The van der Waals surface area contributed by atoms with Crippen molar-refractivity contribution < 1.29 is 33.4 Å². The van der Waals surface area contributed by atoms with Crippen LogP contribution in [0.2, 0.25) is 0 Å². The molecule has 2 heterocycles. The maximum absolute atomic E-state index is 14.2. The van der Waals surface area contributed by atoms with Crippen molar-refractivity contribution in [3.63, 3.8) is 0 Å². The predicted octanol–water partition coefficient (Wildman–Crippen LogP) is -3.21. The highest BCUT2D eigenvalue weighted by Crippen LogP contribution is 2.50. The van der Waals surface area contributed by atoms with Gasteiger partial charge in [-0.2, -0.15) is 19.2 Å². The van der Waals surface area contributed by atoms with E-state index in [1.54, 1.807) is 0 Å². The second kappa shape index (κ2) is 6.10. The maximum Gasteiger partial charge on any atom is 0.566 e. The number of hydrogen-bond donors (Lipinski definition) is 5. The highest BCUT2D eigenvalue weighted by atomic mass is 31.2. The average Bonchev–Trinajstić information content (AvgIpc) is 2.65. The minimum atomic E-state index is -4.92. The quantitative estimate of drug-likeness (QED) is 0.282. The van der Waals surface area contributed by atoms with Crippen LogP contribution in [0, 0.1) is 0 Å². The van der Waals surface area contributed by atoms with Crippen molar-refractivity contribution in [1.29, 1.82) is 0 Å². The van der Waals surface area contributed by atoms with E-state index in [1.165, 1.54) is 0 Å². The van der Waals surface area contributed by atoms with Gasteiger partial charge < -0.3 is 9.84 Å². The standard InChI is InChI=1S/C9H10B2FN2O8P/c10-9(11,22-23(18,19)20)6-5(16)4(12)7(21-6)14-2-1-3(15)13-8(14)17/h1-2,4-7,16,18-20H/p+1. The minimum absolute atomic E-state index is 0.630. The van der Waals surface area contributed by atoms with Gasteiger partial charge in [-0.25, -0.2) is 9.18 Å². The topological polar surface area (TPSA) is 154 Å². The third kappa shape index (κ3) is 3.89. The molecule has 0 spiro atoms. The summed E-state index contributed by atoms with van der Waals surface area (Å²) in [5, 5.41) is 7.12. The molecule has 1 saturated heterocycles. The molecule has 0 bridgehead atoms. The smallest absolute Gasteiger partial charge is 0.387 e. The summed E-state index contributed by atoms with van der Waals surface area (Å²) in [5.74, 6) is 0. The number of aromatic nitrogens is 2. The van der Waals surface area contributed by atoms with Crippen LogP contribution < -0.4 is 11.2 Å². The van der Waals surface area contributed by atoms with Gasteiger partial charge in [-0.1, -0.05) is 0 Å². The zero-order valence-corrected chi connectivity index (χ0v) is 12.2. The summed E-state index contributed by atoms with van der Waals surface area (Å²) in [5.41, 5.74) is -1.76. The Balaban J connectivity index is 2.31. The van der Waals surface area contributed by atoms with Crippen LogP contribution in [0.3, 0.4) is 0 Å². The van der Waals surface area contributed by atoms with Gasteiger partial charge in [0.05, 0.1) is 5.40 Å². The molecule has 14 heteroatoms. The molecule has 4 atom stereocenters. The number of nitrogens with one attached hydrogen (secondary N) is 1. The SMILES string of the molecule is [B]C([B])(O[P+](O)(O)O)C1OC(n2ccc(=O)[nH]c2=O)C(F)C1O. The third-order valence-corrected chi connectivity index (χ3v) is 3.61. The van der Waals surface area contributed by atoms with Crippen molar-refractivity contribution in [2.75, 3.05) is 0 Å². The molecule has 0 aromatic carbocycles. The van der Waals surface area contributed by atoms with Gasteiger partial charge in [0, 0.05) is 12.3 Å². The van der Waals surface area contributed by atoms with Crippen molar-refractivity contribution in [1.82, 2.24) is 9.55 Å². The van der Waals surface area contributed by atoms with Crippen molar-refractivity contribution in [2.24, 2.45) is 0 Å². The largest absolute Gasteiger partial charge is 0.566 e. The Morgan fingerprint density at radius 2 is 2.00 bits per heavy atom. The number of H-pyrrole nitrogens is 1. The lowest BCUT2D eigenvalue weighted by Gasteiger charge is -2.31. The van der Waals surface area contributed by atoms with Gasteiger partial charge in [0.2, 0.25) is 0 Å². The molecule has 4 unspecified atom stereocenters. The first-order valence-corrected chi connectivity index (χ1v) is 7.64. The van der Waals surface area contributed by atoms with E-state index in [0.29, 0.717) is 4.57 Å². The lowest BCUT2D eigenvalue weighted by atomic mass is 9.61. The molecule has 10 nitrogen and oxygen atoms in total. The van der Waals surface area contributed by atoms with Crippen LogP contribution in [-0.4, -0.2) is 68.8 Å². The molecule has 1 aliphatic heterocycles. The van der Waals surface area contributed by atoms with Crippen molar-refractivity contribution in [3.8, 4) is 0 Å². The monoisotopic (exact) mass is 347 g/mol. The summed E-state index contributed by atoms with van der Waals surface area (Å²) in [7, 11) is 5.82. The van der Waals surface area contributed by atoms with E-state index >= 15 is 0 Å². The van der Waals surface area contributed by atoms with Crippen LogP contribution in [0.15, 0.2) is 21.9 Å². The Kier molecular flexibility index (Phi) is 4.84. The molecule has 4 radical (unpaired) electrons. The van der Waals surface area contributed by atoms with Gasteiger partial charge in [0.15, 0.2) is 12.4 Å². The summed E-state index contributed by atoms with van der Waals surface area (Å²) in [6.45, 7) is 0. The number of aliphatic hydroxyl groups excluding tert-OH is 1. The summed E-state index contributed by atoms with van der Waals surface area (Å²) in [6, 6.07) is 0.914. The number of ether oxygens (including phenoxy) is 1. The highest BCUT2D eigenvalue weighted by molar-refractivity contribution is 7.53. The molecule has 1 fully saturated rings. The van der Waals surface area contributed by atoms with Crippen LogP contribution >= 0.6 is 8.17 Å². The third-order valence-electron chi connectivity index (χ3n) is 3.05. The second-order valence-electron chi connectivity index (χ2n) is 4.86. The molecule has 23 heavy (non-hydrogen) atoms. The van der Waals surface area contributed by atoms with E-state index < -0.39 is 49.4 Å². The number of rotatable bonds is 4. The first-order chi connectivity index (χ1) is 10.4. The molecule has 2 rings (SSSR count). The van der Waals surface area contributed by atoms with Gasteiger partial charge >= 0.3 is 13.9 Å². The lowest BCUT2D eigenvalue weighted by molar-refractivity contribution is -0.0756. The second-order valence-corrected chi connectivity index (χ2v) is 6.07. The molecule has 5 N–H and O–H groups in total. The molecule has 0 aliphatic carbocycles. The summed E-state index contributed by atoms with van der Waals surface area (Å²) in [4.78, 5) is 51.0. The number of halogens is 1. The van der Waals surface area contributed by atoms with Crippen LogP contribution in [-0.2, 0) is 9.26 Å². The van der Waals surface area contributed by atoms with E-state index in [1.807, 2.05) is 4.98 Å². The fourth-order valence-electron chi connectivity index (χ4n) is 2.13. The molecule has 1 aliphatic rings. The number of hydrogen-bond acceptors (Lipinski definition) is 8. The predicted molar refractivity (Wildman–Crippen MR) is 75.0 cm³/mol. The van der Waals surface area contributed by atoms with Crippen LogP contribution in [0.5, 0.6) is 0 Å². The van der Waals surface area contributed by atoms with Gasteiger partial charge in [0.25, 0.3) is 5.56 Å². The van der Waals surface area contributed by atoms with Crippen LogP contribution in [0.25, 0.3) is 0 Å². The van der Waals surface area contributed by atoms with Crippen LogP contribution in [0.4, 0.5) is 4.39 Å². The van der Waals surface area contributed by atoms with E-state index in [4.69, 9.17) is 35.1 Å². The number of nitrogens with zero attached hydrogens (tertiary/aromatic N) is 1. The van der Waals surface area contributed by atoms with E-state index in [0.717, 1.165) is 12.3 Å². The first-order valence-electron chi connectivity index (χ1n) is 6.07. The fraction of sp³-hybridized carbons (Fsp3) is 0.556. The van der Waals surface area contributed by atoms with E-state index in [-0.39, 0.29) is 0 Å². The molecule has 122 valence electrons. The summed E-state index contributed by atoms with van der Waals surface area (Å²) >= 11 is 0. The Bertz CT molecular complexity index is 691. The van der Waals surface area contributed by atoms with E-state index in [9.17, 15) is 19.1 Å². The van der Waals surface area contributed by atoms with Crippen molar-refractivity contribution in [3.05, 3.63) is 33.1 Å². The fourth-order valence-corrected chi connectivity index (χ4v) is 2.65. The first kappa shape index (κ1) is 18.3. The number of aliphatic hydroxyl groups is 1. The summed E-state index contributed by atoms with van der Waals surface area (Å²) in [6.07, 6.45) is -6.92. The average molecular weight is 347 g/mol. The zero-order chi connectivity index (χ0) is 17.6. The normalized spacial score (nSPS) is 28.9. The maximum atomic E-state index is 14.2. The number of alkyl halides is 1. The summed E-state index contributed by atoms with van der Waals surface area (Å²) < 4.78 is 24.0. The highest BCUT2D eigenvalue weighted by Gasteiger charge is 2.56. The molecular weight excluding hydrogens is 336 g/mol. The molecule has 1 aromatic rings. The molecule has 0 saturated carbocycles. The van der Waals surface area contributed by atoms with Crippen molar-refractivity contribution >= 4 is 23.9 Å². The Hall–Kier alpha value is -1.07. The Labute approximate surface area is 131 Å². The van der Waals surface area contributed by atoms with Gasteiger partial charge in [0.1, 0.15) is 27.9 Å². The lowest BCUT2D eigenvalue weighted by Crippen LogP contribution is -2.51. The molecule has 0 amide bonds. The minimum Gasteiger partial charge on any atom is -0.387 e. The van der Waals surface area contributed by atoms with Gasteiger partial charge in [-0.3, -0.25) is 14.3 Å². The van der Waals surface area contributed by atoms with Crippen molar-refractivity contribution in [2.45, 2.75) is 30.0 Å². The van der Waals surface area contributed by atoms with Gasteiger partial charge in [-0.05, 0) is 0 Å². The Morgan fingerprint density at radius 1 is 1.39 bits per heavy atom. The van der Waals surface area contributed by atoms with Crippen LogP contribution in [0.1, 0.15) is 6.23 Å². The van der Waals surface area contributed by atoms with E-state index in [2.05, 4.69) is 4.52 Å². The molecule has 1 aromatic heterocycles. The zero-order valence-electron chi connectivity index (χ0n) is 11.3. The Morgan fingerprint density at radius 3 is 2.52 bits per heavy atom. The van der Waals surface area contributed by atoms with Gasteiger partial charge in [-0.15, -0.1) is 0 Å².